The van der Waals surface area contributed by atoms with Gasteiger partial charge in [0.25, 0.3) is 0 Å². The first-order chi connectivity index (χ1) is 9.60. The average Bonchev–Trinajstić information content (AvgIpc) is 2.41. The van der Waals surface area contributed by atoms with Gasteiger partial charge in [-0.3, -0.25) is 10.1 Å². The maximum absolute atomic E-state index is 11.3. The minimum Gasteiger partial charge on any atom is -0.494 e. The van der Waals surface area contributed by atoms with E-state index < -0.39 is 12.0 Å². The Morgan fingerprint density at radius 2 is 2.10 bits per heavy atom. The molecular formula is C13H15N3O4. The number of carbonyl (C=O) groups is 2. The zero-order valence-corrected chi connectivity index (χ0v) is 11.2. The zero-order chi connectivity index (χ0) is 15.0. The van der Waals surface area contributed by atoms with E-state index in [1.54, 1.807) is 25.1 Å². The number of hydrogen-bond donors (Lipinski definition) is 2. The van der Waals surface area contributed by atoms with Crippen molar-refractivity contribution in [1.82, 2.24) is 0 Å². The Morgan fingerprint density at radius 3 is 2.70 bits per heavy atom. The minimum absolute atomic E-state index is 0.231. The Bertz CT molecular complexity index is 537. The summed E-state index contributed by atoms with van der Waals surface area (Å²) in [7, 11) is 1.44. The number of nitrogens with one attached hydrogen (secondary N) is 2. The highest BCUT2D eigenvalue weighted by molar-refractivity contribution is 5.93. The molecule has 0 atom stereocenters. The van der Waals surface area contributed by atoms with E-state index in [1.807, 2.05) is 0 Å². The Balaban J connectivity index is 2.82. The van der Waals surface area contributed by atoms with Crippen LogP contribution in [0.1, 0.15) is 13.3 Å². The molecule has 0 saturated carbocycles. The molecule has 0 heterocycles. The molecular weight excluding hydrogens is 262 g/mol. The number of ether oxygens (including phenoxy) is 2. The number of methoxy groups -OCH3 is 1. The molecule has 0 radical (unpaired) electrons. The number of anilines is 2. The van der Waals surface area contributed by atoms with Crippen LogP contribution in [0.25, 0.3) is 0 Å². The van der Waals surface area contributed by atoms with Crippen molar-refractivity contribution in [2.24, 2.45) is 0 Å². The third-order valence-corrected chi connectivity index (χ3v) is 2.24. The fraction of sp³-hybridized carbons (Fsp3) is 0.308. The summed E-state index contributed by atoms with van der Waals surface area (Å²) in [6.07, 6.45) is -0.822. The lowest BCUT2D eigenvalue weighted by Gasteiger charge is -2.12. The molecule has 0 aliphatic carbocycles. The van der Waals surface area contributed by atoms with Gasteiger partial charge in [0.05, 0.1) is 25.5 Å². The number of benzene rings is 1. The highest BCUT2D eigenvalue weighted by atomic mass is 16.5. The molecule has 0 spiro atoms. The van der Waals surface area contributed by atoms with Crippen molar-refractivity contribution in [2.45, 2.75) is 13.3 Å². The van der Waals surface area contributed by atoms with E-state index in [2.05, 4.69) is 10.6 Å². The van der Waals surface area contributed by atoms with Crippen molar-refractivity contribution < 1.29 is 19.1 Å². The van der Waals surface area contributed by atoms with Gasteiger partial charge in [-0.15, -0.1) is 0 Å². The first-order valence-corrected chi connectivity index (χ1v) is 5.89. The lowest BCUT2D eigenvalue weighted by atomic mass is 10.2. The molecule has 2 amide bonds. The van der Waals surface area contributed by atoms with Crippen molar-refractivity contribution in [3.05, 3.63) is 18.2 Å². The number of amides is 2. The van der Waals surface area contributed by atoms with E-state index in [0.717, 1.165) is 0 Å². The molecule has 106 valence electrons. The second kappa shape index (κ2) is 7.63. The van der Waals surface area contributed by atoms with Crippen molar-refractivity contribution in [3.63, 3.8) is 0 Å². The van der Waals surface area contributed by atoms with Gasteiger partial charge in [0.1, 0.15) is 12.2 Å². The Hall–Kier alpha value is -2.75. The number of nitrogens with zero attached hydrogens (tertiary/aromatic N) is 1. The molecule has 2 N–H and O–H groups in total. The molecule has 0 aliphatic heterocycles. The van der Waals surface area contributed by atoms with Crippen LogP contribution >= 0.6 is 0 Å². The Morgan fingerprint density at radius 1 is 1.35 bits per heavy atom. The van der Waals surface area contributed by atoms with Crippen LogP contribution in [0.15, 0.2) is 18.2 Å². The minimum atomic E-state index is -0.591. The van der Waals surface area contributed by atoms with Gasteiger partial charge in [-0.05, 0) is 19.1 Å². The molecule has 0 unspecified atom stereocenters. The molecule has 7 heteroatoms. The monoisotopic (exact) mass is 277 g/mol. The zero-order valence-electron chi connectivity index (χ0n) is 11.2. The van der Waals surface area contributed by atoms with Crippen molar-refractivity contribution in [1.29, 1.82) is 5.26 Å². The largest absolute Gasteiger partial charge is 0.494 e. The summed E-state index contributed by atoms with van der Waals surface area (Å²) in [6.45, 7) is 1.96. The van der Waals surface area contributed by atoms with Gasteiger partial charge in [0.15, 0.2) is 0 Å². The van der Waals surface area contributed by atoms with Gasteiger partial charge in [-0.25, -0.2) is 4.79 Å². The van der Waals surface area contributed by atoms with Crippen LogP contribution < -0.4 is 15.4 Å². The van der Waals surface area contributed by atoms with Crippen LogP contribution in [0, 0.1) is 11.3 Å². The average molecular weight is 277 g/mol. The lowest BCUT2D eigenvalue weighted by molar-refractivity contribution is -0.115. The maximum atomic E-state index is 11.3. The van der Waals surface area contributed by atoms with Crippen LogP contribution in [0.3, 0.4) is 0 Å². The maximum Gasteiger partial charge on any atom is 0.411 e. The van der Waals surface area contributed by atoms with Crippen molar-refractivity contribution in [2.75, 3.05) is 24.4 Å². The second-order valence-corrected chi connectivity index (χ2v) is 3.64. The number of rotatable bonds is 5. The van der Waals surface area contributed by atoms with Crippen LogP contribution in [-0.4, -0.2) is 25.7 Å². The number of hydrogen-bond acceptors (Lipinski definition) is 5. The third-order valence-electron chi connectivity index (χ3n) is 2.24. The standard InChI is InChI=1S/C13H15N3O4/c1-3-20-13(18)16-10-5-4-9(8-11(10)19-2)15-12(17)6-7-14/h4-5,8H,3,6H2,1-2H3,(H,15,17)(H,16,18). The predicted molar refractivity (Wildman–Crippen MR) is 72.5 cm³/mol. The summed E-state index contributed by atoms with van der Waals surface area (Å²) in [6, 6.07) is 6.44. The summed E-state index contributed by atoms with van der Waals surface area (Å²) in [5.74, 6) is -0.0477. The van der Waals surface area contributed by atoms with E-state index in [0.29, 0.717) is 17.1 Å². The van der Waals surface area contributed by atoms with E-state index in [-0.39, 0.29) is 13.0 Å². The summed E-state index contributed by atoms with van der Waals surface area (Å²) < 4.78 is 9.88. The van der Waals surface area contributed by atoms with Gasteiger partial charge in [0, 0.05) is 11.8 Å². The van der Waals surface area contributed by atoms with Crippen LogP contribution in [-0.2, 0) is 9.53 Å². The molecule has 1 aromatic rings. The number of nitriles is 1. The van der Waals surface area contributed by atoms with Crippen molar-refractivity contribution in [3.8, 4) is 11.8 Å². The Labute approximate surface area is 116 Å². The van der Waals surface area contributed by atoms with Gasteiger partial charge in [-0.2, -0.15) is 5.26 Å². The van der Waals surface area contributed by atoms with E-state index in [1.165, 1.54) is 13.2 Å². The first-order valence-electron chi connectivity index (χ1n) is 5.89. The second-order valence-electron chi connectivity index (χ2n) is 3.64. The quantitative estimate of drug-likeness (QED) is 0.858. The van der Waals surface area contributed by atoms with E-state index >= 15 is 0 Å². The van der Waals surface area contributed by atoms with E-state index in [4.69, 9.17) is 14.7 Å². The SMILES string of the molecule is CCOC(=O)Nc1ccc(NC(=O)CC#N)cc1OC. The van der Waals surface area contributed by atoms with Gasteiger partial charge in [-0.1, -0.05) is 0 Å². The molecule has 1 aromatic carbocycles. The van der Waals surface area contributed by atoms with E-state index in [9.17, 15) is 9.59 Å². The molecule has 0 bridgehead atoms. The highest BCUT2D eigenvalue weighted by Gasteiger charge is 2.10. The molecule has 1 rings (SSSR count). The van der Waals surface area contributed by atoms with Crippen LogP contribution in [0.2, 0.25) is 0 Å². The predicted octanol–water partition coefficient (Wildman–Crippen LogP) is 2.12. The summed E-state index contributed by atoms with van der Waals surface area (Å²) >= 11 is 0. The van der Waals surface area contributed by atoms with Crippen LogP contribution in [0.5, 0.6) is 5.75 Å². The summed E-state index contributed by atoms with van der Waals surface area (Å²) in [5, 5.41) is 13.5. The molecule has 0 aliphatic rings. The van der Waals surface area contributed by atoms with Gasteiger partial charge in [0.2, 0.25) is 5.91 Å². The van der Waals surface area contributed by atoms with Gasteiger partial charge < -0.3 is 14.8 Å². The summed E-state index contributed by atoms with van der Waals surface area (Å²) in [4.78, 5) is 22.6. The topological polar surface area (TPSA) is 100 Å². The molecule has 0 fully saturated rings. The summed E-state index contributed by atoms with van der Waals surface area (Å²) in [5.41, 5.74) is 0.890. The molecule has 20 heavy (non-hydrogen) atoms. The molecule has 0 saturated heterocycles. The Kier molecular flexibility index (Phi) is 5.84. The van der Waals surface area contributed by atoms with Gasteiger partial charge >= 0.3 is 6.09 Å². The normalized spacial score (nSPS) is 9.25. The van der Waals surface area contributed by atoms with Crippen LogP contribution in [0.4, 0.5) is 16.2 Å². The number of carbonyl (C=O) groups excluding carboxylic acids is 2. The third kappa shape index (κ3) is 4.49. The highest BCUT2D eigenvalue weighted by Crippen LogP contribution is 2.28. The first kappa shape index (κ1) is 15.3. The smallest absolute Gasteiger partial charge is 0.411 e. The lowest BCUT2D eigenvalue weighted by Crippen LogP contribution is -2.14. The fourth-order valence-electron chi connectivity index (χ4n) is 1.43. The molecule has 0 aromatic heterocycles. The molecule has 7 nitrogen and oxygen atoms in total. The fourth-order valence-corrected chi connectivity index (χ4v) is 1.43. The van der Waals surface area contributed by atoms with Crippen molar-refractivity contribution >= 4 is 23.4 Å².